The molecule has 0 atom stereocenters. The van der Waals surface area contributed by atoms with Gasteiger partial charge in [0, 0.05) is 6.92 Å². The molecule has 0 fully saturated rings. The first-order valence-corrected chi connectivity index (χ1v) is 10.1. The van der Waals surface area contributed by atoms with Gasteiger partial charge in [0.05, 0.1) is 11.5 Å². The van der Waals surface area contributed by atoms with Gasteiger partial charge in [0.25, 0.3) is 0 Å². The molecular weight excluding hydrogens is 384 g/mol. The first-order chi connectivity index (χ1) is 14.2. The summed E-state index contributed by atoms with van der Waals surface area (Å²) in [5.41, 5.74) is 1.92. The van der Waals surface area contributed by atoms with Gasteiger partial charge in [-0.2, -0.15) is 0 Å². The minimum Gasteiger partial charge on any atom is -0.486 e. The second kappa shape index (κ2) is 10.7. The number of carbonyl (C=O) groups excluding carboxylic acids is 1. The van der Waals surface area contributed by atoms with E-state index in [1.54, 1.807) is 18.2 Å². The lowest BCUT2D eigenvalue weighted by molar-refractivity contribution is -0.131. The lowest BCUT2D eigenvalue weighted by Crippen LogP contribution is -2.14. The van der Waals surface area contributed by atoms with Gasteiger partial charge in [-0.05, 0) is 65.7 Å². The summed E-state index contributed by atoms with van der Waals surface area (Å²) >= 11 is 0. The highest BCUT2D eigenvalue weighted by Crippen LogP contribution is 2.37. The minimum absolute atomic E-state index is 0.00419. The Morgan fingerprint density at radius 2 is 1.83 bits per heavy atom. The maximum absolute atomic E-state index is 12.7. The average Bonchev–Trinajstić information content (AvgIpc) is 2.63. The van der Waals surface area contributed by atoms with Crippen molar-refractivity contribution < 1.29 is 23.4 Å². The van der Waals surface area contributed by atoms with Gasteiger partial charge in [-0.1, -0.05) is 23.3 Å². The predicted molar refractivity (Wildman–Crippen MR) is 117 cm³/mol. The third-order valence-corrected chi connectivity index (χ3v) is 4.17. The fourth-order valence-electron chi connectivity index (χ4n) is 2.82. The zero-order valence-electron chi connectivity index (χ0n) is 18.5. The Balaban J connectivity index is 2.37. The first-order valence-electron chi connectivity index (χ1n) is 10.1. The molecule has 0 radical (unpaired) electrons. The quantitative estimate of drug-likeness (QED) is 0.231. The molecular formula is C24H30O6. The van der Waals surface area contributed by atoms with Crippen molar-refractivity contribution >= 4 is 16.9 Å². The molecule has 0 unspecified atom stereocenters. The van der Waals surface area contributed by atoms with Crippen LogP contribution in [-0.2, 0) is 4.79 Å². The molecule has 0 saturated carbocycles. The molecule has 0 amide bonds. The van der Waals surface area contributed by atoms with Gasteiger partial charge in [0.2, 0.25) is 5.75 Å². The maximum Gasteiger partial charge on any atom is 0.383 e. The molecule has 162 valence electrons. The molecule has 6 nitrogen and oxygen atoms in total. The summed E-state index contributed by atoms with van der Waals surface area (Å²) in [7, 11) is 0. The van der Waals surface area contributed by atoms with Crippen molar-refractivity contribution in [2.45, 2.75) is 60.5 Å². The van der Waals surface area contributed by atoms with Crippen LogP contribution in [0.5, 0.6) is 17.2 Å². The van der Waals surface area contributed by atoms with E-state index in [9.17, 15) is 9.59 Å². The Morgan fingerprint density at radius 1 is 1.10 bits per heavy atom. The number of ether oxygens (including phenoxy) is 3. The van der Waals surface area contributed by atoms with Crippen LogP contribution in [0.15, 0.2) is 50.7 Å². The SMILES string of the molecule is CC(=O)Oc1cccc2c(OC(C)C)c(OC/C=C(\C)CCC=C(C)C)c(=O)oc12. The number of benzene rings is 1. The Labute approximate surface area is 177 Å². The lowest BCUT2D eigenvalue weighted by atomic mass is 10.1. The third kappa shape index (κ3) is 6.51. The molecule has 2 rings (SSSR count). The zero-order valence-corrected chi connectivity index (χ0v) is 18.5. The summed E-state index contributed by atoms with van der Waals surface area (Å²) in [6, 6.07) is 4.99. The molecule has 0 N–H and O–H groups in total. The molecule has 1 aromatic heterocycles. The van der Waals surface area contributed by atoms with Gasteiger partial charge in [0.15, 0.2) is 17.1 Å². The van der Waals surface area contributed by atoms with Crippen LogP contribution in [0.1, 0.15) is 54.4 Å². The second-order valence-electron chi connectivity index (χ2n) is 7.62. The summed E-state index contributed by atoms with van der Waals surface area (Å²) in [6.45, 7) is 11.4. The molecule has 0 aliphatic heterocycles. The molecule has 2 aromatic rings. The topological polar surface area (TPSA) is 75.0 Å². The number of hydrogen-bond acceptors (Lipinski definition) is 6. The van der Waals surface area contributed by atoms with Crippen molar-refractivity contribution in [3.8, 4) is 17.2 Å². The standard InChI is InChI=1S/C24H30O6/c1-15(2)9-7-10-17(5)13-14-27-23-22(28-16(3)4)19-11-8-12-20(29-18(6)25)21(19)30-24(23)26/h8-9,11-13,16H,7,10,14H2,1-6H3/b17-13+. The number of carbonyl (C=O) groups is 1. The lowest BCUT2D eigenvalue weighted by Gasteiger charge is -2.16. The van der Waals surface area contributed by atoms with Crippen LogP contribution in [-0.4, -0.2) is 18.7 Å². The van der Waals surface area contributed by atoms with Crippen LogP contribution in [0, 0.1) is 0 Å². The van der Waals surface area contributed by atoms with E-state index < -0.39 is 11.6 Å². The summed E-state index contributed by atoms with van der Waals surface area (Å²) in [4.78, 5) is 24.0. The highest BCUT2D eigenvalue weighted by Gasteiger charge is 2.21. The highest BCUT2D eigenvalue weighted by molar-refractivity contribution is 5.91. The largest absolute Gasteiger partial charge is 0.486 e. The highest BCUT2D eigenvalue weighted by atomic mass is 16.6. The molecule has 0 aliphatic rings. The number of fused-ring (bicyclic) bond motifs is 1. The Bertz CT molecular complexity index is 1010. The van der Waals surface area contributed by atoms with Crippen LogP contribution in [0.3, 0.4) is 0 Å². The van der Waals surface area contributed by atoms with E-state index in [4.69, 9.17) is 18.6 Å². The number of allylic oxidation sites excluding steroid dienone is 3. The van der Waals surface area contributed by atoms with E-state index in [1.165, 1.54) is 18.1 Å². The van der Waals surface area contributed by atoms with Crippen LogP contribution in [0.4, 0.5) is 0 Å². The number of rotatable bonds is 9. The van der Waals surface area contributed by atoms with Gasteiger partial charge in [-0.15, -0.1) is 0 Å². The second-order valence-corrected chi connectivity index (χ2v) is 7.62. The van der Waals surface area contributed by atoms with Crippen LogP contribution >= 0.6 is 0 Å². The van der Waals surface area contributed by atoms with E-state index in [2.05, 4.69) is 19.9 Å². The van der Waals surface area contributed by atoms with Crippen molar-refractivity contribution in [3.63, 3.8) is 0 Å². The maximum atomic E-state index is 12.7. The zero-order chi connectivity index (χ0) is 22.3. The Kier molecular flexibility index (Phi) is 8.27. The molecule has 30 heavy (non-hydrogen) atoms. The smallest absolute Gasteiger partial charge is 0.383 e. The van der Waals surface area contributed by atoms with Crippen molar-refractivity contribution in [3.05, 3.63) is 51.9 Å². The van der Waals surface area contributed by atoms with Crippen molar-refractivity contribution in [1.82, 2.24) is 0 Å². The summed E-state index contributed by atoms with van der Waals surface area (Å²) in [6.07, 6.45) is 5.81. The summed E-state index contributed by atoms with van der Waals surface area (Å²) in [5, 5.41) is 0.501. The minimum atomic E-state index is -0.687. The van der Waals surface area contributed by atoms with Crippen LogP contribution < -0.4 is 19.8 Å². The van der Waals surface area contributed by atoms with Crippen LogP contribution in [0.2, 0.25) is 0 Å². The van der Waals surface area contributed by atoms with E-state index in [0.29, 0.717) is 5.39 Å². The summed E-state index contributed by atoms with van der Waals surface area (Å²) in [5.74, 6) is -0.0665. The van der Waals surface area contributed by atoms with E-state index >= 15 is 0 Å². The molecule has 0 bridgehead atoms. The molecule has 1 heterocycles. The molecule has 6 heteroatoms. The van der Waals surface area contributed by atoms with Gasteiger partial charge in [-0.25, -0.2) is 4.79 Å². The summed E-state index contributed by atoms with van der Waals surface area (Å²) < 4.78 is 22.3. The molecule has 0 spiro atoms. The number of hydrogen-bond donors (Lipinski definition) is 0. The third-order valence-electron chi connectivity index (χ3n) is 4.17. The molecule has 0 aliphatic carbocycles. The van der Waals surface area contributed by atoms with E-state index in [1.807, 2.05) is 26.8 Å². The van der Waals surface area contributed by atoms with Gasteiger partial charge >= 0.3 is 11.6 Å². The number of esters is 1. The fraction of sp³-hybridized carbons (Fsp3) is 0.417. The first kappa shape index (κ1) is 23.3. The fourth-order valence-corrected chi connectivity index (χ4v) is 2.82. The van der Waals surface area contributed by atoms with Gasteiger partial charge in [-0.3, -0.25) is 4.79 Å². The normalized spacial score (nSPS) is 11.5. The van der Waals surface area contributed by atoms with Crippen molar-refractivity contribution in [2.24, 2.45) is 0 Å². The monoisotopic (exact) mass is 414 g/mol. The van der Waals surface area contributed by atoms with Gasteiger partial charge < -0.3 is 18.6 Å². The van der Waals surface area contributed by atoms with Crippen molar-refractivity contribution in [1.29, 1.82) is 0 Å². The Morgan fingerprint density at radius 3 is 2.47 bits per heavy atom. The Hall–Kier alpha value is -3.02. The van der Waals surface area contributed by atoms with E-state index in [0.717, 1.165) is 12.8 Å². The molecule has 1 aromatic carbocycles. The predicted octanol–water partition coefficient (Wildman–Crippen LogP) is 5.58. The van der Waals surface area contributed by atoms with Crippen LogP contribution in [0.25, 0.3) is 11.0 Å². The molecule has 0 saturated heterocycles. The van der Waals surface area contributed by atoms with Gasteiger partial charge in [0.1, 0.15) is 6.61 Å². The average molecular weight is 414 g/mol. The van der Waals surface area contributed by atoms with Crippen molar-refractivity contribution in [2.75, 3.05) is 6.61 Å². The number of para-hydroxylation sites is 1. The van der Waals surface area contributed by atoms with E-state index in [-0.39, 0.29) is 35.5 Å².